The molecule has 0 unspecified atom stereocenters. The number of ketones is 1. The first-order valence-corrected chi connectivity index (χ1v) is 13.3. The molecule has 7 heteroatoms. The Kier molecular flexibility index (Phi) is 6.50. The molecule has 1 aliphatic rings. The van der Waals surface area contributed by atoms with E-state index >= 15 is 0 Å². The third-order valence-corrected chi connectivity index (χ3v) is 7.26. The van der Waals surface area contributed by atoms with Crippen molar-refractivity contribution < 1.29 is 14.3 Å². The lowest BCUT2D eigenvalue weighted by molar-refractivity contribution is 0.101. The summed E-state index contributed by atoms with van der Waals surface area (Å²) in [4.78, 5) is 26.0. The number of anilines is 1. The molecule has 1 N–H and O–H groups in total. The molecule has 2 heterocycles. The minimum absolute atomic E-state index is 0.0785. The molecule has 0 radical (unpaired) electrons. The quantitative estimate of drug-likeness (QED) is 0.238. The summed E-state index contributed by atoms with van der Waals surface area (Å²) in [7, 11) is 0. The van der Waals surface area contributed by atoms with Crippen molar-refractivity contribution in [2.24, 2.45) is 0 Å². The number of rotatable bonds is 7. The van der Waals surface area contributed by atoms with E-state index in [1.165, 1.54) is 0 Å². The number of nitrogens with one attached hydrogen (secondary N) is 1. The van der Waals surface area contributed by atoms with Gasteiger partial charge in [0, 0.05) is 33.8 Å². The van der Waals surface area contributed by atoms with Gasteiger partial charge in [-0.2, -0.15) is 16.9 Å². The lowest BCUT2D eigenvalue weighted by Gasteiger charge is -2.12. The summed E-state index contributed by atoms with van der Waals surface area (Å²) < 4.78 is 7.69. The number of thioether (sulfide) groups is 1. The zero-order chi connectivity index (χ0) is 25.9. The van der Waals surface area contributed by atoms with E-state index in [2.05, 4.69) is 5.32 Å². The first kappa shape index (κ1) is 23.8. The van der Waals surface area contributed by atoms with Crippen LogP contribution in [0, 0.1) is 0 Å². The molecule has 1 aliphatic heterocycles. The molecule has 1 amide bonds. The monoisotopic (exact) mass is 517 g/mol. The Hall–Kier alpha value is -4.62. The Morgan fingerprint density at radius 1 is 0.711 bits per heavy atom. The van der Waals surface area contributed by atoms with Gasteiger partial charge in [-0.05, 0) is 48.5 Å². The van der Waals surface area contributed by atoms with Gasteiger partial charge in [0.1, 0.15) is 17.3 Å². The summed E-state index contributed by atoms with van der Waals surface area (Å²) in [6.45, 7) is 0. The van der Waals surface area contributed by atoms with Gasteiger partial charge in [0.2, 0.25) is 0 Å². The van der Waals surface area contributed by atoms with Gasteiger partial charge in [-0.25, -0.2) is 4.68 Å². The average molecular weight is 518 g/mol. The van der Waals surface area contributed by atoms with E-state index < -0.39 is 0 Å². The van der Waals surface area contributed by atoms with E-state index in [9.17, 15) is 9.59 Å². The predicted molar refractivity (Wildman–Crippen MR) is 149 cm³/mol. The minimum atomic E-state index is -0.256. The van der Waals surface area contributed by atoms with Crippen LogP contribution in [-0.2, 0) is 11.5 Å². The minimum Gasteiger partial charge on any atom is -0.457 e. The summed E-state index contributed by atoms with van der Waals surface area (Å²) >= 11 is 1.77. The number of hydrogen-bond acceptors (Lipinski definition) is 5. The third kappa shape index (κ3) is 4.84. The topological polar surface area (TPSA) is 73.2 Å². The normalized spacial score (nSPS) is 12.1. The Bertz CT molecular complexity index is 1600. The maximum atomic E-state index is 13.2. The number of fused-ring (bicyclic) bond motifs is 1. The maximum Gasteiger partial charge on any atom is 0.256 e. The van der Waals surface area contributed by atoms with Crippen LogP contribution in [0.5, 0.6) is 11.5 Å². The fourth-order valence-corrected chi connectivity index (χ4v) is 5.35. The molecule has 0 fully saturated rings. The van der Waals surface area contributed by atoms with Crippen molar-refractivity contribution in [2.45, 2.75) is 11.5 Å². The molecule has 0 aliphatic carbocycles. The SMILES string of the molecule is O=C(Nc1c2c(nn1-c1ccc(Oc3ccccc3)cc1)CSC2)c1ccc(C(=O)c2ccccc2)cc1. The Morgan fingerprint density at radius 2 is 1.32 bits per heavy atom. The molecule has 6 rings (SSSR count). The summed E-state index contributed by atoms with van der Waals surface area (Å²) in [5.74, 6) is 3.39. The van der Waals surface area contributed by atoms with Crippen LogP contribution in [0.4, 0.5) is 5.82 Å². The smallest absolute Gasteiger partial charge is 0.256 e. The van der Waals surface area contributed by atoms with E-state index in [4.69, 9.17) is 9.84 Å². The van der Waals surface area contributed by atoms with Crippen molar-refractivity contribution in [1.82, 2.24) is 9.78 Å². The first-order valence-electron chi connectivity index (χ1n) is 12.2. The van der Waals surface area contributed by atoms with E-state index in [0.717, 1.165) is 34.2 Å². The second-order valence-corrected chi connectivity index (χ2v) is 9.80. The van der Waals surface area contributed by atoms with Gasteiger partial charge in [0.05, 0.1) is 11.4 Å². The van der Waals surface area contributed by atoms with Gasteiger partial charge >= 0.3 is 0 Å². The number of amides is 1. The average Bonchev–Trinajstić information content (AvgIpc) is 3.57. The van der Waals surface area contributed by atoms with Gasteiger partial charge in [-0.15, -0.1) is 0 Å². The van der Waals surface area contributed by atoms with Crippen molar-refractivity contribution in [3.8, 4) is 17.2 Å². The van der Waals surface area contributed by atoms with Crippen LogP contribution in [0.1, 0.15) is 37.5 Å². The van der Waals surface area contributed by atoms with Gasteiger partial charge < -0.3 is 10.1 Å². The highest BCUT2D eigenvalue weighted by atomic mass is 32.2. The first-order chi connectivity index (χ1) is 18.7. The number of carbonyl (C=O) groups is 2. The fourth-order valence-electron chi connectivity index (χ4n) is 4.32. The molecule has 186 valence electrons. The molecule has 4 aromatic carbocycles. The molecule has 0 saturated carbocycles. The van der Waals surface area contributed by atoms with E-state index in [1.54, 1.807) is 52.8 Å². The van der Waals surface area contributed by atoms with Crippen molar-refractivity contribution in [3.05, 3.63) is 137 Å². The molecule has 0 saturated heterocycles. The van der Waals surface area contributed by atoms with Gasteiger partial charge in [-0.3, -0.25) is 9.59 Å². The lowest BCUT2D eigenvalue weighted by atomic mass is 10.0. The maximum absolute atomic E-state index is 13.2. The van der Waals surface area contributed by atoms with Crippen LogP contribution in [-0.4, -0.2) is 21.5 Å². The molecule has 1 aromatic heterocycles. The lowest BCUT2D eigenvalue weighted by Crippen LogP contribution is -2.16. The molecule has 5 aromatic rings. The largest absolute Gasteiger partial charge is 0.457 e. The van der Waals surface area contributed by atoms with Crippen LogP contribution in [0.15, 0.2) is 109 Å². The predicted octanol–water partition coefficient (Wildman–Crippen LogP) is 6.89. The summed E-state index contributed by atoms with van der Waals surface area (Å²) in [5.41, 5.74) is 4.44. The number of carbonyl (C=O) groups excluding carboxylic acids is 2. The number of benzene rings is 4. The van der Waals surface area contributed by atoms with Crippen LogP contribution < -0.4 is 10.1 Å². The molecule has 0 spiro atoms. The Balaban J connectivity index is 1.23. The fraction of sp³-hybridized carbons (Fsp3) is 0.0645. The molecule has 0 atom stereocenters. The van der Waals surface area contributed by atoms with Crippen molar-refractivity contribution >= 4 is 29.3 Å². The van der Waals surface area contributed by atoms with Crippen molar-refractivity contribution in [2.75, 3.05) is 5.32 Å². The zero-order valence-corrected chi connectivity index (χ0v) is 21.2. The second kappa shape index (κ2) is 10.4. The molecule has 6 nitrogen and oxygen atoms in total. The molecular formula is C31H23N3O3S. The van der Waals surface area contributed by atoms with E-state index in [1.807, 2.05) is 72.8 Å². The standard InChI is InChI=1S/C31H23N3O3S/c35-29(21-7-3-1-4-8-21)22-11-13-23(14-12-22)31(36)32-30-27-19-38-20-28(27)33-34(30)24-15-17-26(18-16-24)37-25-9-5-2-6-10-25/h1-18H,19-20H2,(H,32,36). The summed E-state index contributed by atoms with van der Waals surface area (Å²) in [6.07, 6.45) is 0. The second-order valence-electron chi connectivity index (χ2n) is 8.81. The van der Waals surface area contributed by atoms with E-state index in [0.29, 0.717) is 28.3 Å². The highest BCUT2D eigenvalue weighted by Crippen LogP contribution is 2.36. The highest BCUT2D eigenvalue weighted by molar-refractivity contribution is 7.98. The van der Waals surface area contributed by atoms with Gasteiger partial charge in [0.15, 0.2) is 5.78 Å². The van der Waals surface area contributed by atoms with Crippen LogP contribution in [0.25, 0.3) is 5.69 Å². The number of ether oxygens (including phenoxy) is 1. The van der Waals surface area contributed by atoms with Gasteiger partial charge in [0.25, 0.3) is 5.91 Å². The third-order valence-electron chi connectivity index (χ3n) is 6.29. The molecular weight excluding hydrogens is 494 g/mol. The molecule has 38 heavy (non-hydrogen) atoms. The Morgan fingerprint density at radius 3 is 2.03 bits per heavy atom. The Labute approximate surface area is 224 Å². The summed E-state index contributed by atoms with van der Waals surface area (Å²) in [6, 6.07) is 33.1. The molecule has 0 bridgehead atoms. The number of para-hydroxylation sites is 1. The van der Waals surface area contributed by atoms with Crippen LogP contribution in [0.3, 0.4) is 0 Å². The number of aromatic nitrogens is 2. The van der Waals surface area contributed by atoms with E-state index in [-0.39, 0.29) is 11.7 Å². The summed E-state index contributed by atoms with van der Waals surface area (Å²) in [5, 5.41) is 7.86. The highest BCUT2D eigenvalue weighted by Gasteiger charge is 2.25. The number of nitrogens with zero attached hydrogens (tertiary/aromatic N) is 2. The van der Waals surface area contributed by atoms with Crippen molar-refractivity contribution in [3.63, 3.8) is 0 Å². The van der Waals surface area contributed by atoms with Gasteiger partial charge in [-0.1, -0.05) is 60.7 Å². The zero-order valence-electron chi connectivity index (χ0n) is 20.3. The number of hydrogen-bond donors (Lipinski definition) is 1. The van der Waals surface area contributed by atoms with Crippen molar-refractivity contribution in [1.29, 1.82) is 0 Å². The van der Waals surface area contributed by atoms with Crippen LogP contribution in [0.2, 0.25) is 0 Å². The van der Waals surface area contributed by atoms with Crippen LogP contribution >= 0.6 is 11.8 Å².